The molecule has 0 rings (SSSR count). The molecule has 0 bridgehead atoms. The molecular weight excluding hydrogens is 177 g/mol. The van der Waals surface area contributed by atoms with Crippen molar-refractivity contribution in [1.82, 2.24) is 0 Å². The molecule has 0 fully saturated rings. The molecule has 5 heteroatoms. The maximum atomic E-state index is 9.73. The van der Waals surface area contributed by atoms with Crippen LogP contribution in [0.3, 0.4) is 0 Å². The van der Waals surface area contributed by atoms with Crippen molar-refractivity contribution in [3.63, 3.8) is 0 Å². The zero-order valence-electron chi connectivity index (χ0n) is 4.95. The van der Waals surface area contributed by atoms with Crippen LogP contribution >= 0.6 is 0 Å². The number of aliphatic hydroxyl groups excluding tert-OH is 2. The molecule has 0 aliphatic heterocycles. The van der Waals surface area contributed by atoms with Gasteiger partial charge in [-0.2, -0.15) is 0 Å². The Balaban J connectivity index is 0. The molecule has 0 saturated carbocycles. The van der Waals surface area contributed by atoms with Crippen LogP contribution in [0.5, 0.6) is 0 Å². The Morgan fingerprint density at radius 3 is 2.11 bits per heavy atom. The second kappa shape index (κ2) is 6.14. The largest absolute Gasteiger partial charge is 0.479 e. The molecule has 3 N–H and O–H groups in total. The normalized spacial score (nSPS) is 11.8. The van der Waals surface area contributed by atoms with Crippen molar-refractivity contribution >= 4 is 5.97 Å². The minimum absolute atomic E-state index is 0. The van der Waals surface area contributed by atoms with Crippen molar-refractivity contribution in [1.29, 1.82) is 0 Å². The summed E-state index contributed by atoms with van der Waals surface area (Å²) < 4.78 is 0. The van der Waals surface area contributed by atoms with Gasteiger partial charge in [0.05, 0.1) is 0 Å². The number of rotatable bonds is 3. The number of carboxylic acid groups (broad SMARTS) is 1. The summed E-state index contributed by atoms with van der Waals surface area (Å²) in [7, 11) is 0. The van der Waals surface area contributed by atoms with Gasteiger partial charge in [-0.25, -0.2) is 4.79 Å². The second-order valence-corrected chi connectivity index (χ2v) is 1.37. The van der Waals surface area contributed by atoms with E-state index in [4.69, 9.17) is 15.3 Å². The summed E-state index contributed by atoms with van der Waals surface area (Å²) in [6.07, 6.45) is -1.52. The van der Waals surface area contributed by atoms with Crippen LogP contribution < -0.4 is 0 Å². The predicted molar refractivity (Wildman–Crippen MR) is 25.3 cm³/mol. The summed E-state index contributed by atoms with van der Waals surface area (Å²) in [5.41, 5.74) is 0. The van der Waals surface area contributed by atoms with Crippen molar-refractivity contribution in [2.45, 2.75) is 12.5 Å². The van der Waals surface area contributed by atoms with E-state index in [0.29, 0.717) is 0 Å². The van der Waals surface area contributed by atoms with Gasteiger partial charge in [-0.15, -0.1) is 0 Å². The Bertz CT molecular complexity index is 84.6. The van der Waals surface area contributed by atoms with Gasteiger partial charge in [0.2, 0.25) is 0 Å². The van der Waals surface area contributed by atoms with E-state index >= 15 is 0 Å². The Morgan fingerprint density at radius 1 is 1.56 bits per heavy atom. The minimum atomic E-state index is -1.42. The Labute approximate surface area is 65.3 Å². The van der Waals surface area contributed by atoms with E-state index in [1.165, 1.54) is 0 Å². The quantitative estimate of drug-likeness (QED) is 0.484. The summed E-state index contributed by atoms with van der Waals surface area (Å²) in [5.74, 6) is -1.29. The Hall–Kier alpha value is 0.0134. The van der Waals surface area contributed by atoms with Gasteiger partial charge < -0.3 is 15.3 Å². The molecule has 0 saturated heterocycles. The first-order chi connectivity index (χ1) is 3.68. The molecule has 50 valence electrons. The first kappa shape index (κ1) is 11.8. The summed E-state index contributed by atoms with van der Waals surface area (Å²) >= 11 is 0. The zero-order chi connectivity index (χ0) is 6.57. The SMILES string of the molecule is O=C(O)C(O)CCO.[Zn]. The molecule has 1 atom stereocenters. The van der Waals surface area contributed by atoms with Crippen molar-refractivity contribution < 1.29 is 39.6 Å². The molecule has 0 radical (unpaired) electrons. The van der Waals surface area contributed by atoms with E-state index in [2.05, 4.69) is 0 Å². The van der Waals surface area contributed by atoms with E-state index in [-0.39, 0.29) is 32.5 Å². The molecule has 0 aromatic carbocycles. The van der Waals surface area contributed by atoms with E-state index in [9.17, 15) is 4.79 Å². The van der Waals surface area contributed by atoms with Gasteiger partial charge in [-0.3, -0.25) is 0 Å². The zero-order valence-corrected chi connectivity index (χ0v) is 7.92. The van der Waals surface area contributed by atoms with Crippen molar-refractivity contribution in [3.8, 4) is 0 Å². The number of hydrogen-bond donors (Lipinski definition) is 3. The fourth-order valence-corrected chi connectivity index (χ4v) is 0.246. The maximum absolute atomic E-state index is 9.73. The molecule has 0 aliphatic rings. The van der Waals surface area contributed by atoms with Crippen molar-refractivity contribution in [3.05, 3.63) is 0 Å². The van der Waals surface area contributed by atoms with Crippen LogP contribution in [0.25, 0.3) is 0 Å². The van der Waals surface area contributed by atoms with Crippen LogP contribution in [0, 0.1) is 0 Å². The van der Waals surface area contributed by atoms with Gasteiger partial charge in [-0.1, -0.05) is 0 Å². The Kier molecular flexibility index (Phi) is 8.03. The number of aliphatic hydroxyl groups is 2. The minimum Gasteiger partial charge on any atom is -0.479 e. The van der Waals surface area contributed by atoms with Crippen LogP contribution in [0.15, 0.2) is 0 Å². The summed E-state index contributed by atoms with van der Waals surface area (Å²) in [6.45, 7) is -0.298. The molecule has 0 aromatic rings. The van der Waals surface area contributed by atoms with E-state index in [1.54, 1.807) is 0 Å². The molecule has 0 aliphatic carbocycles. The van der Waals surface area contributed by atoms with Gasteiger partial charge in [0.1, 0.15) is 0 Å². The molecule has 4 nitrogen and oxygen atoms in total. The number of carbonyl (C=O) groups is 1. The molecule has 9 heavy (non-hydrogen) atoms. The molecule has 0 spiro atoms. The van der Waals surface area contributed by atoms with Crippen LogP contribution in [-0.2, 0) is 24.3 Å². The van der Waals surface area contributed by atoms with Gasteiger partial charge >= 0.3 is 5.97 Å². The summed E-state index contributed by atoms with van der Waals surface area (Å²) in [4.78, 5) is 9.73. The number of hydrogen-bond acceptors (Lipinski definition) is 3. The van der Waals surface area contributed by atoms with Crippen LogP contribution in [0.1, 0.15) is 6.42 Å². The van der Waals surface area contributed by atoms with E-state index in [1.807, 2.05) is 0 Å². The smallest absolute Gasteiger partial charge is 0.332 e. The monoisotopic (exact) mass is 184 g/mol. The Morgan fingerprint density at radius 2 is 2.00 bits per heavy atom. The van der Waals surface area contributed by atoms with Gasteiger partial charge in [0, 0.05) is 32.5 Å². The third-order valence-corrected chi connectivity index (χ3v) is 0.688. The predicted octanol–water partition coefficient (Wildman–Crippen LogP) is -1.19. The fourth-order valence-electron chi connectivity index (χ4n) is 0.246. The van der Waals surface area contributed by atoms with E-state index < -0.39 is 12.1 Å². The molecular formula is C4H8O4Zn. The van der Waals surface area contributed by atoms with Crippen LogP contribution in [0.4, 0.5) is 0 Å². The average Bonchev–Trinajstić information content (AvgIpc) is 1.67. The molecule has 1 unspecified atom stereocenters. The standard InChI is InChI=1S/C4H8O4.Zn/c5-2-1-3(6)4(7)8;/h3,5-6H,1-2H2,(H,7,8);. The maximum Gasteiger partial charge on any atom is 0.332 e. The van der Waals surface area contributed by atoms with Crippen molar-refractivity contribution in [2.75, 3.05) is 6.61 Å². The van der Waals surface area contributed by atoms with Gasteiger partial charge in [-0.05, 0) is 0 Å². The van der Waals surface area contributed by atoms with E-state index in [0.717, 1.165) is 0 Å². The first-order valence-electron chi connectivity index (χ1n) is 2.20. The second-order valence-electron chi connectivity index (χ2n) is 1.37. The molecule has 0 aromatic heterocycles. The first-order valence-corrected chi connectivity index (χ1v) is 2.20. The third kappa shape index (κ3) is 5.89. The van der Waals surface area contributed by atoms with Crippen LogP contribution in [0.2, 0.25) is 0 Å². The van der Waals surface area contributed by atoms with Gasteiger partial charge in [0.15, 0.2) is 6.10 Å². The molecule has 0 amide bonds. The van der Waals surface area contributed by atoms with Gasteiger partial charge in [0.25, 0.3) is 0 Å². The average molecular weight is 185 g/mol. The summed E-state index contributed by atoms with van der Waals surface area (Å²) in [5, 5.41) is 24.4. The van der Waals surface area contributed by atoms with Crippen molar-refractivity contribution in [2.24, 2.45) is 0 Å². The number of carboxylic acids is 1. The summed E-state index contributed by atoms with van der Waals surface area (Å²) in [6, 6.07) is 0. The third-order valence-electron chi connectivity index (χ3n) is 0.688. The molecule has 0 heterocycles. The number of aliphatic carboxylic acids is 1. The fraction of sp³-hybridized carbons (Fsp3) is 0.750. The van der Waals surface area contributed by atoms with Crippen LogP contribution in [-0.4, -0.2) is 34.0 Å². The topological polar surface area (TPSA) is 77.8 Å².